The van der Waals surface area contributed by atoms with Crippen LogP contribution in [0.5, 0.6) is 0 Å². The van der Waals surface area contributed by atoms with Crippen molar-refractivity contribution in [2.45, 2.75) is 0 Å². The molecule has 0 aliphatic carbocycles. The average molecular weight is 310 g/mol. The predicted octanol–water partition coefficient (Wildman–Crippen LogP) is 2.55. The van der Waals surface area contributed by atoms with E-state index in [9.17, 15) is 4.79 Å². The Morgan fingerprint density at radius 2 is 2.22 bits per heavy atom. The van der Waals surface area contributed by atoms with E-state index in [0.29, 0.717) is 11.6 Å². The highest BCUT2D eigenvalue weighted by Crippen LogP contribution is 2.21. The zero-order chi connectivity index (χ0) is 16.5. The molecule has 2 rings (SSSR count). The third-order valence-corrected chi connectivity index (χ3v) is 2.99. The maximum Gasteiger partial charge on any atom is 0.270 e. The largest absolute Gasteiger partial charge is 0.481 e. The van der Waals surface area contributed by atoms with Crippen molar-refractivity contribution < 1.29 is 9.53 Å². The Morgan fingerprint density at radius 3 is 2.91 bits per heavy atom. The van der Waals surface area contributed by atoms with Gasteiger partial charge in [0, 0.05) is 11.8 Å². The van der Waals surface area contributed by atoms with Crippen molar-refractivity contribution in [1.29, 1.82) is 0 Å². The van der Waals surface area contributed by atoms with E-state index in [1.54, 1.807) is 24.6 Å². The number of carbonyl (C=O) groups is 1. The van der Waals surface area contributed by atoms with Crippen LogP contribution in [0.1, 0.15) is 10.5 Å². The molecule has 23 heavy (non-hydrogen) atoms. The van der Waals surface area contributed by atoms with Gasteiger partial charge in [0.05, 0.1) is 19.9 Å². The molecule has 2 aromatic rings. The summed E-state index contributed by atoms with van der Waals surface area (Å²) in [7, 11) is 1.52. The normalized spacial score (nSPS) is 11.4. The van der Waals surface area contributed by atoms with Crippen molar-refractivity contribution >= 4 is 12.1 Å². The number of benzene rings is 1. The van der Waals surface area contributed by atoms with Crippen molar-refractivity contribution in [1.82, 2.24) is 15.5 Å². The van der Waals surface area contributed by atoms with Gasteiger partial charge in [-0.25, -0.2) is 4.99 Å². The van der Waals surface area contributed by atoms with E-state index >= 15 is 0 Å². The number of carbonyl (C=O) groups excluding carboxylic acids is 1. The van der Waals surface area contributed by atoms with Crippen LogP contribution in [0.15, 0.2) is 66.1 Å². The van der Waals surface area contributed by atoms with Crippen LogP contribution in [0.4, 0.5) is 0 Å². The van der Waals surface area contributed by atoms with E-state index in [4.69, 9.17) is 4.74 Å². The Hall–Kier alpha value is -3.15. The first-order valence-corrected chi connectivity index (χ1v) is 7.02. The molecular weight excluding hydrogens is 292 g/mol. The van der Waals surface area contributed by atoms with Gasteiger partial charge in [-0.15, -0.1) is 0 Å². The first kappa shape index (κ1) is 16.2. The number of aromatic amines is 1. The molecule has 6 nitrogen and oxygen atoms in total. The fraction of sp³-hybridized carbons (Fsp3) is 0.118. The topological polar surface area (TPSA) is 79.4 Å². The van der Waals surface area contributed by atoms with E-state index < -0.39 is 0 Å². The van der Waals surface area contributed by atoms with Crippen LogP contribution in [0.2, 0.25) is 0 Å². The molecule has 0 bridgehead atoms. The van der Waals surface area contributed by atoms with Crippen molar-refractivity contribution in [3.8, 4) is 11.1 Å². The van der Waals surface area contributed by atoms with E-state index in [0.717, 1.165) is 11.1 Å². The molecule has 0 fully saturated rings. The molecule has 0 atom stereocenters. The van der Waals surface area contributed by atoms with Gasteiger partial charge < -0.3 is 10.1 Å². The van der Waals surface area contributed by atoms with Gasteiger partial charge in [-0.2, -0.15) is 5.10 Å². The molecule has 6 heteroatoms. The Bertz CT molecular complexity index is 717. The van der Waals surface area contributed by atoms with Gasteiger partial charge in [0.15, 0.2) is 0 Å². The number of aromatic nitrogens is 2. The number of amides is 1. The number of allylic oxidation sites excluding steroid dienone is 2. The van der Waals surface area contributed by atoms with Crippen LogP contribution in [0, 0.1) is 0 Å². The number of H-pyrrole nitrogens is 1. The molecule has 0 spiro atoms. The number of ether oxygens (including phenoxy) is 1. The molecule has 1 aromatic heterocycles. The van der Waals surface area contributed by atoms with Crippen LogP contribution >= 0.6 is 0 Å². The van der Waals surface area contributed by atoms with Crippen LogP contribution in [0.25, 0.3) is 11.1 Å². The highest BCUT2D eigenvalue weighted by molar-refractivity contribution is 5.99. The zero-order valence-electron chi connectivity index (χ0n) is 12.8. The number of nitrogens with zero attached hydrogens (tertiary/aromatic N) is 2. The second kappa shape index (κ2) is 8.33. The van der Waals surface area contributed by atoms with Crippen LogP contribution < -0.4 is 5.32 Å². The number of rotatable bonds is 7. The minimum atomic E-state index is -0.250. The lowest BCUT2D eigenvalue weighted by Gasteiger charge is -2.04. The molecule has 0 aliphatic rings. The van der Waals surface area contributed by atoms with Crippen molar-refractivity contribution in [3.05, 3.63) is 66.8 Å². The van der Waals surface area contributed by atoms with Crippen LogP contribution in [-0.4, -0.2) is 36.0 Å². The molecule has 0 saturated heterocycles. The molecule has 118 valence electrons. The van der Waals surface area contributed by atoms with Gasteiger partial charge in [0.2, 0.25) is 5.88 Å². The SMILES string of the molecule is C=C/C=C(\N=C/CNC(=O)c1[nH]ncc1-c1ccccc1)OC. The maximum absolute atomic E-state index is 12.2. The summed E-state index contributed by atoms with van der Waals surface area (Å²) in [5.74, 6) is 0.167. The zero-order valence-corrected chi connectivity index (χ0v) is 12.8. The fourth-order valence-corrected chi connectivity index (χ4v) is 1.92. The van der Waals surface area contributed by atoms with Gasteiger partial charge >= 0.3 is 0 Å². The summed E-state index contributed by atoms with van der Waals surface area (Å²) < 4.78 is 5.01. The Kier molecular flexibility index (Phi) is 5.88. The van der Waals surface area contributed by atoms with Crippen LogP contribution in [0.3, 0.4) is 0 Å². The highest BCUT2D eigenvalue weighted by atomic mass is 16.5. The molecular formula is C17H18N4O2. The van der Waals surface area contributed by atoms with Gasteiger partial charge in [0.1, 0.15) is 5.69 Å². The Labute approximate surface area is 134 Å². The smallest absolute Gasteiger partial charge is 0.270 e. The summed E-state index contributed by atoms with van der Waals surface area (Å²) in [6.07, 6.45) is 6.38. The lowest BCUT2D eigenvalue weighted by molar-refractivity contribution is 0.0955. The number of nitrogens with one attached hydrogen (secondary N) is 2. The van der Waals surface area contributed by atoms with Crippen molar-refractivity contribution in [3.63, 3.8) is 0 Å². The lowest BCUT2D eigenvalue weighted by atomic mass is 10.1. The summed E-state index contributed by atoms with van der Waals surface area (Å²) in [5.41, 5.74) is 2.10. The predicted molar refractivity (Wildman–Crippen MR) is 90.1 cm³/mol. The van der Waals surface area contributed by atoms with E-state index in [2.05, 4.69) is 27.1 Å². The van der Waals surface area contributed by atoms with Crippen LogP contribution in [-0.2, 0) is 4.74 Å². The minimum absolute atomic E-state index is 0.250. The number of hydrogen-bond donors (Lipinski definition) is 2. The summed E-state index contributed by atoms with van der Waals surface area (Å²) in [6.45, 7) is 3.83. The first-order valence-electron chi connectivity index (χ1n) is 7.02. The van der Waals surface area contributed by atoms with Crippen molar-refractivity contribution in [2.24, 2.45) is 4.99 Å². The molecule has 1 heterocycles. The molecule has 0 aliphatic heterocycles. The first-order chi connectivity index (χ1) is 11.3. The molecule has 1 amide bonds. The Morgan fingerprint density at radius 1 is 1.43 bits per heavy atom. The maximum atomic E-state index is 12.2. The number of aliphatic imine (C=N–C) groups is 1. The molecule has 0 radical (unpaired) electrons. The molecule has 2 N–H and O–H groups in total. The third kappa shape index (κ3) is 4.41. The second-order valence-electron chi connectivity index (χ2n) is 4.49. The standard InChI is InChI=1S/C17H18N4O2/c1-3-7-15(23-2)18-10-11-19-17(22)16-14(12-20-21-16)13-8-5-4-6-9-13/h3-10,12H,1,11H2,2H3,(H,19,22)(H,20,21)/b15-7+,18-10-. The molecule has 0 unspecified atom stereocenters. The highest BCUT2D eigenvalue weighted by Gasteiger charge is 2.14. The Balaban J connectivity index is 2.00. The molecule has 0 saturated carbocycles. The average Bonchev–Trinajstić information content (AvgIpc) is 3.08. The van der Waals surface area contributed by atoms with E-state index in [1.165, 1.54) is 7.11 Å². The second-order valence-corrected chi connectivity index (χ2v) is 4.49. The fourth-order valence-electron chi connectivity index (χ4n) is 1.92. The lowest BCUT2D eigenvalue weighted by Crippen LogP contribution is -2.26. The quantitative estimate of drug-likeness (QED) is 0.468. The number of methoxy groups -OCH3 is 1. The van der Waals surface area contributed by atoms with Gasteiger partial charge in [-0.1, -0.05) is 43.0 Å². The van der Waals surface area contributed by atoms with E-state index in [-0.39, 0.29) is 12.5 Å². The van der Waals surface area contributed by atoms with E-state index in [1.807, 2.05) is 30.3 Å². The summed E-state index contributed by atoms with van der Waals surface area (Å²) in [6, 6.07) is 9.59. The summed E-state index contributed by atoms with van der Waals surface area (Å²) in [5, 5.41) is 9.43. The monoisotopic (exact) mass is 310 g/mol. The number of hydrogen-bond acceptors (Lipinski definition) is 4. The summed E-state index contributed by atoms with van der Waals surface area (Å²) in [4.78, 5) is 16.3. The minimum Gasteiger partial charge on any atom is -0.481 e. The van der Waals surface area contributed by atoms with Gasteiger partial charge in [0.25, 0.3) is 5.91 Å². The van der Waals surface area contributed by atoms with Crippen molar-refractivity contribution in [2.75, 3.05) is 13.7 Å². The summed E-state index contributed by atoms with van der Waals surface area (Å²) >= 11 is 0. The van der Waals surface area contributed by atoms with Gasteiger partial charge in [-0.3, -0.25) is 9.89 Å². The van der Waals surface area contributed by atoms with Gasteiger partial charge in [-0.05, 0) is 11.6 Å². The molecule has 1 aromatic carbocycles. The third-order valence-electron chi connectivity index (χ3n) is 2.99.